The standard InChI is InChI=1S/C41H25N5/c1-2-13-27(14-3-1)39-41(44-34-18-8-7-17-33(34)43-39)46-37-25-36-31(24-32(37)30-22-21-26-12-4-5-15-28(26)40(30)46)29-16-6-9-19-35(29)45(36)38-20-10-11-23-42-38/h1-25H. The maximum atomic E-state index is 5.39. The van der Waals surface area contributed by atoms with Crippen LogP contribution in [-0.4, -0.2) is 24.1 Å². The van der Waals surface area contributed by atoms with Crippen molar-refractivity contribution in [2.24, 2.45) is 0 Å². The Morgan fingerprint density at radius 2 is 1.13 bits per heavy atom. The molecule has 10 rings (SSSR count). The number of hydrogen-bond donors (Lipinski definition) is 0. The van der Waals surface area contributed by atoms with E-state index >= 15 is 0 Å². The van der Waals surface area contributed by atoms with E-state index in [1.807, 2.05) is 48.7 Å². The van der Waals surface area contributed by atoms with E-state index in [-0.39, 0.29) is 0 Å². The van der Waals surface area contributed by atoms with Crippen molar-refractivity contribution in [1.82, 2.24) is 24.1 Å². The molecule has 6 aromatic carbocycles. The minimum Gasteiger partial charge on any atom is -0.294 e. The molecule has 0 unspecified atom stereocenters. The second-order valence-corrected chi connectivity index (χ2v) is 11.7. The van der Waals surface area contributed by atoms with Gasteiger partial charge in [-0.25, -0.2) is 15.0 Å². The average molecular weight is 588 g/mol. The predicted molar refractivity (Wildman–Crippen MR) is 189 cm³/mol. The molecule has 0 atom stereocenters. The molecular formula is C41H25N5. The highest BCUT2D eigenvalue weighted by atomic mass is 15.1. The maximum Gasteiger partial charge on any atom is 0.165 e. The molecule has 4 aromatic heterocycles. The minimum absolute atomic E-state index is 0.807. The quantitative estimate of drug-likeness (QED) is 0.207. The van der Waals surface area contributed by atoms with Crippen LogP contribution in [0, 0.1) is 0 Å². The Hall–Kier alpha value is -6.33. The lowest BCUT2D eigenvalue weighted by atomic mass is 10.0. The molecule has 0 aliphatic heterocycles. The lowest BCUT2D eigenvalue weighted by Gasteiger charge is -2.15. The van der Waals surface area contributed by atoms with Gasteiger partial charge in [-0.1, -0.05) is 103 Å². The molecule has 0 amide bonds. The summed E-state index contributed by atoms with van der Waals surface area (Å²) in [5.41, 5.74) is 8.00. The van der Waals surface area contributed by atoms with Gasteiger partial charge in [0.25, 0.3) is 0 Å². The Labute approximate surface area is 263 Å². The number of nitrogens with zero attached hydrogens (tertiary/aromatic N) is 5. The first kappa shape index (κ1) is 25.0. The van der Waals surface area contributed by atoms with E-state index in [2.05, 4.69) is 112 Å². The van der Waals surface area contributed by atoms with Crippen LogP contribution in [0.3, 0.4) is 0 Å². The highest BCUT2D eigenvalue weighted by molar-refractivity contribution is 6.23. The average Bonchev–Trinajstić information content (AvgIpc) is 3.63. The van der Waals surface area contributed by atoms with Crippen LogP contribution in [0.15, 0.2) is 152 Å². The van der Waals surface area contributed by atoms with Crippen LogP contribution < -0.4 is 0 Å². The van der Waals surface area contributed by atoms with E-state index in [9.17, 15) is 0 Å². The van der Waals surface area contributed by atoms with Gasteiger partial charge in [0, 0.05) is 38.7 Å². The zero-order chi connectivity index (χ0) is 30.2. The number of hydrogen-bond acceptors (Lipinski definition) is 3. The van der Waals surface area contributed by atoms with Crippen molar-refractivity contribution in [3.63, 3.8) is 0 Å². The lowest BCUT2D eigenvalue weighted by Crippen LogP contribution is -2.04. The number of benzene rings is 6. The van der Waals surface area contributed by atoms with Crippen molar-refractivity contribution in [2.75, 3.05) is 0 Å². The molecule has 46 heavy (non-hydrogen) atoms. The largest absolute Gasteiger partial charge is 0.294 e. The first-order valence-electron chi connectivity index (χ1n) is 15.5. The normalized spacial score (nSPS) is 11.9. The van der Waals surface area contributed by atoms with Crippen LogP contribution in [0.25, 0.3) is 88.3 Å². The Kier molecular flexibility index (Phi) is 5.22. The summed E-state index contributed by atoms with van der Waals surface area (Å²) in [5, 5.41) is 7.09. The molecule has 0 N–H and O–H groups in total. The van der Waals surface area contributed by atoms with Gasteiger partial charge in [-0.3, -0.25) is 9.13 Å². The Morgan fingerprint density at radius 1 is 0.435 bits per heavy atom. The van der Waals surface area contributed by atoms with Crippen molar-refractivity contribution in [1.29, 1.82) is 0 Å². The van der Waals surface area contributed by atoms with Crippen LogP contribution in [-0.2, 0) is 0 Å². The molecular weight excluding hydrogens is 562 g/mol. The molecule has 0 bridgehead atoms. The summed E-state index contributed by atoms with van der Waals surface area (Å²) in [4.78, 5) is 15.4. The Bertz CT molecular complexity index is 2790. The third kappa shape index (κ3) is 3.54. The molecule has 0 aliphatic carbocycles. The zero-order valence-electron chi connectivity index (χ0n) is 24.7. The van der Waals surface area contributed by atoms with Crippen LogP contribution in [0.1, 0.15) is 0 Å². The van der Waals surface area contributed by atoms with E-state index in [4.69, 9.17) is 15.0 Å². The van der Waals surface area contributed by atoms with E-state index in [0.717, 1.165) is 56.0 Å². The number of aromatic nitrogens is 5. The highest BCUT2D eigenvalue weighted by Crippen LogP contribution is 2.42. The monoisotopic (exact) mass is 587 g/mol. The zero-order valence-corrected chi connectivity index (χ0v) is 24.7. The summed E-state index contributed by atoms with van der Waals surface area (Å²) in [7, 11) is 0. The molecule has 5 nitrogen and oxygen atoms in total. The van der Waals surface area contributed by atoms with Crippen LogP contribution in [0.2, 0.25) is 0 Å². The van der Waals surface area contributed by atoms with Gasteiger partial charge in [0.2, 0.25) is 0 Å². The molecule has 0 fully saturated rings. The number of para-hydroxylation sites is 3. The van der Waals surface area contributed by atoms with Crippen molar-refractivity contribution in [2.45, 2.75) is 0 Å². The second-order valence-electron chi connectivity index (χ2n) is 11.7. The second kappa shape index (κ2) is 9.58. The van der Waals surface area contributed by atoms with Gasteiger partial charge < -0.3 is 0 Å². The lowest BCUT2D eigenvalue weighted by molar-refractivity contribution is 1.07. The molecule has 4 heterocycles. The SMILES string of the molecule is c1ccc(-c2nc3ccccc3nc2-n2c3cc4c(cc3c3ccc5ccccc5c32)c2ccccc2n4-c2ccccn2)cc1. The first-order chi connectivity index (χ1) is 22.8. The number of fused-ring (bicyclic) bond motifs is 9. The number of rotatable bonds is 3. The predicted octanol–water partition coefficient (Wildman–Crippen LogP) is 10.0. The van der Waals surface area contributed by atoms with Crippen LogP contribution in [0.5, 0.6) is 0 Å². The fraction of sp³-hybridized carbons (Fsp3) is 0. The third-order valence-corrected chi connectivity index (χ3v) is 9.13. The molecule has 214 valence electrons. The molecule has 5 heteroatoms. The summed E-state index contributed by atoms with van der Waals surface area (Å²) in [6.07, 6.45) is 1.86. The van der Waals surface area contributed by atoms with Gasteiger partial charge in [0.1, 0.15) is 11.5 Å². The summed E-state index contributed by atoms with van der Waals surface area (Å²) in [6.45, 7) is 0. The van der Waals surface area contributed by atoms with Gasteiger partial charge in [-0.2, -0.15) is 0 Å². The Balaban J connectivity index is 1.44. The summed E-state index contributed by atoms with van der Waals surface area (Å²) < 4.78 is 4.61. The van der Waals surface area contributed by atoms with Crippen molar-refractivity contribution in [3.8, 4) is 22.9 Å². The van der Waals surface area contributed by atoms with Gasteiger partial charge in [-0.15, -0.1) is 0 Å². The van der Waals surface area contributed by atoms with Gasteiger partial charge >= 0.3 is 0 Å². The van der Waals surface area contributed by atoms with Crippen LogP contribution in [0.4, 0.5) is 0 Å². The number of pyridine rings is 1. The molecule has 0 saturated heterocycles. The highest BCUT2D eigenvalue weighted by Gasteiger charge is 2.23. The van der Waals surface area contributed by atoms with E-state index in [0.29, 0.717) is 0 Å². The maximum absolute atomic E-state index is 5.39. The summed E-state index contributed by atoms with van der Waals surface area (Å²) in [6, 6.07) is 51.0. The molecule has 0 spiro atoms. The minimum atomic E-state index is 0.807. The molecule has 0 saturated carbocycles. The van der Waals surface area contributed by atoms with Gasteiger partial charge in [0.15, 0.2) is 5.82 Å². The third-order valence-electron chi connectivity index (χ3n) is 9.13. The van der Waals surface area contributed by atoms with Crippen LogP contribution >= 0.6 is 0 Å². The fourth-order valence-corrected chi connectivity index (χ4v) is 7.13. The molecule has 10 aromatic rings. The van der Waals surface area contributed by atoms with Crippen molar-refractivity contribution in [3.05, 3.63) is 152 Å². The smallest absolute Gasteiger partial charge is 0.165 e. The summed E-state index contributed by atoms with van der Waals surface area (Å²) in [5.74, 6) is 1.69. The summed E-state index contributed by atoms with van der Waals surface area (Å²) >= 11 is 0. The van der Waals surface area contributed by atoms with Crippen molar-refractivity contribution >= 4 is 65.4 Å². The fourth-order valence-electron chi connectivity index (χ4n) is 7.13. The van der Waals surface area contributed by atoms with E-state index in [1.165, 1.54) is 32.3 Å². The topological polar surface area (TPSA) is 48.5 Å². The molecule has 0 radical (unpaired) electrons. The first-order valence-corrected chi connectivity index (χ1v) is 15.5. The van der Waals surface area contributed by atoms with E-state index in [1.54, 1.807) is 0 Å². The Morgan fingerprint density at radius 3 is 1.98 bits per heavy atom. The van der Waals surface area contributed by atoms with E-state index < -0.39 is 0 Å². The molecule has 0 aliphatic rings. The van der Waals surface area contributed by atoms with Crippen molar-refractivity contribution < 1.29 is 0 Å². The van der Waals surface area contributed by atoms with Gasteiger partial charge in [-0.05, 0) is 47.9 Å². The van der Waals surface area contributed by atoms with Gasteiger partial charge in [0.05, 0.1) is 33.1 Å².